The number of phenols is 2. The smallest absolute Gasteiger partial charge is 0.255 e. The van der Waals surface area contributed by atoms with E-state index in [0.29, 0.717) is 51.6 Å². The monoisotopic (exact) mass is 877 g/mol. The molecule has 15 nitrogen and oxygen atoms in total. The maximum absolute atomic E-state index is 14.0. The van der Waals surface area contributed by atoms with Crippen molar-refractivity contribution in [2.75, 3.05) is 33.7 Å². The van der Waals surface area contributed by atoms with E-state index < -0.39 is 30.1 Å². The molecule has 0 spiro atoms. The second-order valence-electron chi connectivity index (χ2n) is 15.5. The Hall–Kier alpha value is -4.44. The number of carbonyl (C=O) groups is 6. The largest absolute Gasteiger partial charge is 0.507 e. The van der Waals surface area contributed by atoms with Gasteiger partial charge in [0.15, 0.2) is 5.78 Å². The number of hydrogen-bond acceptors (Lipinski definition) is 10. The third-order valence-corrected chi connectivity index (χ3v) is 11.5. The third kappa shape index (κ3) is 14.6. The molecule has 2 fully saturated rings. The number of unbranched alkanes of at least 4 members (excludes halogenated alkanes) is 3. The van der Waals surface area contributed by atoms with E-state index in [-0.39, 0.29) is 102 Å². The number of hydrogen-bond donors (Lipinski definition) is 7. The van der Waals surface area contributed by atoms with E-state index in [2.05, 4.69) is 26.6 Å². The Kier molecular flexibility index (Phi) is 22.4. The minimum atomic E-state index is -0.765. The molecule has 2 saturated heterocycles. The second-order valence-corrected chi connectivity index (χ2v) is 15.5. The molecule has 7 N–H and O–H groups in total. The van der Waals surface area contributed by atoms with Crippen molar-refractivity contribution >= 4 is 60.1 Å². The van der Waals surface area contributed by atoms with E-state index in [0.717, 1.165) is 32.1 Å². The lowest BCUT2D eigenvalue weighted by Crippen LogP contribution is -2.54. The molecule has 0 saturated carbocycles. The van der Waals surface area contributed by atoms with Crippen LogP contribution in [0.25, 0.3) is 0 Å². The van der Waals surface area contributed by atoms with Crippen molar-refractivity contribution in [2.24, 2.45) is 0 Å². The zero-order chi connectivity index (χ0) is 42.2. The number of para-hydroxylation sites is 2. The van der Waals surface area contributed by atoms with E-state index >= 15 is 0 Å². The Morgan fingerprint density at radius 2 is 1.12 bits per heavy atom. The minimum Gasteiger partial charge on any atom is -0.507 e. The lowest BCUT2D eigenvalue weighted by Gasteiger charge is -2.30. The van der Waals surface area contributed by atoms with Crippen molar-refractivity contribution in [2.45, 2.75) is 127 Å². The lowest BCUT2D eigenvalue weighted by molar-refractivity contribution is -0.138. The van der Waals surface area contributed by atoms with Crippen molar-refractivity contribution < 1.29 is 39.0 Å². The Labute approximate surface area is 366 Å². The minimum absolute atomic E-state index is 0. The molecular weight excluding hydrogens is 813 g/mol. The molecule has 5 amide bonds. The average molecular weight is 879 g/mol. The number of Topliss-reactive ketones (excluding diaryl/α,β-unsaturated/α-hetero) is 1. The van der Waals surface area contributed by atoms with Gasteiger partial charge in [-0.15, -0.1) is 24.8 Å². The Morgan fingerprint density at radius 1 is 0.667 bits per heavy atom. The number of amides is 5. The van der Waals surface area contributed by atoms with Crippen molar-refractivity contribution in [1.82, 2.24) is 36.4 Å². The van der Waals surface area contributed by atoms with E-state index in [1.807, 2.05) is 0 Å². The van der Waals surface area contributed by atoms with E-state index in [1.165, 1.54) is 18.2 Å². The fourth-order valence-electron chi connectivity index (χ4n) is 7.70. The van der Waals surface area contributed by atoms with Crippen LogP contribution >= 0.6 is 24.8 Å². The van der Waals surface area contributed by atoms with Crippen LogP contribution in [-0.2, 0) is 19.2 Å². The van der Waals surface area contributed by atoms with Gasteiger partial charge in [-0.25, -0.2) is 0 Å². The van der Waals surface area contributed by atoms with Crippen LogP contribution in [0, 0.1) is 0 Å². The summed E-state index contributed by atoms with van der Waals surface area (Å²) < 4.78 is 0. The van der Waals surface area contributed by atoms with Gasteiger partial charge in [0.2, 0.25) is 23.6 Å². The number of rotatable bonds is 22. The van der Waals surface area contributed by atoms with E-state index in [9.17, 15) is 39.0 Å². The van der Waals surface area contributed by atoms with E-state index in [1.54, 1.807) is 68.1 Å². The summed E-state index contributed by atoms with van der Waals surface area (Å²) in [6, 6.07) is 9.80. The number of carbonyl (C=O) groups excluding carboxylic acids is 6. The predicted octanol–water partition coefficient (Wildman–Crippen LogP) is 3.84. The average Bonchev–Trinajstić information content (AvgIpc) is 3.91. The standard InChI is InChI=1S/C43H63N7O8.2ClH/c1-28(44-3)39(54)47-34(42(57)49-25-13-15-30(49)23-24-38(53)32-17-9-11-21-36(32)51)19-7-5-6-8-20-35(48-40(55)29(2)45-4)43(58)50-26-14-16-31(50)27-46-41(56)33-18-10-12-22-37(33)52;;/h9-12,17-18,21-22,28-31,34-35,44-45,51-52H,5-8,13-16,19-20,23-27H2,1-4H3,(H,46,56)(H,47,54)(H,48,55);2*1H/t28-,29-,30-,31-,34-,35-;;/m0../s1. The lowest BCUT2D eigenvalue weighted by atomic mass is 10.00. The van der Waals surface area contributed by atoms with Gasteiger partial charge in [-0.2, -0.15) is 0 Å². The SMILES string of the molecule is CN[C@@H](C)C(=O)N[C@@H](CCCCCC[C@H](NC(=O)[C@H](C)NC)C(=O)N1CCC[C@H]1CNC(=O)c1ccccc1O)C(=O)N1CCC[C@H]1CCC(=O)c1ccccc1O.Cl.Cl. The number of likely N-dealkylation sites (N-methyl/N-ethyl adjacent to an activating group) is 2. The highest BCUT2D eigenvalue weighted by Crippen LogP contribution is 2.26. The third-order valence-electron chi connectivity index (χ3n) is 11.5. The van der Waals surface area contributed by atoms with Crippen LogP contribution in [0.1, 0.15) is 112 Å². The molecule has 2 aliphatic heterocycles. The zero-order valence-electron chi connectivity index (χ0n) is 35.2. The maximum atomic E-state index is 14.0. The first-order valence-corrected chi connectivity index (χ1v) is 20.8. The molecule has 60 heavy (non-hydrogen) atoms. The summed E-state index contributed by atoms with van der Waals surface area (Å²) in [6.45, 7) is 4.70. The summed E-state index contributed by atoms with van der Waals surface area (Å²) in [5.74, 6) is -1.74. The molecule has 0 unspecified atom stereocenters. The second kappa shape index (κ2) is 26.0. The highest BCUT2D eigenvalue weighted by molar-refractivity contribution is 5.99. The molecule has 0 radical (unpaired) electrons. The number of nitrogens with zero attached hydrogens (tertiary/aromatic N) is 2. The summed E-state index contributed by atoms with van der Waals surface area (Å²) >= 11 is 0. The molecule has 334 valence electrons. The number of nitrogens with one attached hydrogen (secondary N) is 5. The van der Waals surface area contributed by atoms with Crippen LogP contribution in [0.4, 0.5) is 0 Å². The Morgan fingerprint density at radius 3 is 1.60 bits per heavy atom. The van der Waals surface area contributed by atoms with Crippen molar-refractivity contribution in [3.63, 3.8) is 0 Å². The van der Waals surface area contributed by atoms with Gasteiger partial charge < -0.3 is 46.6 Å². The van der Waals surface area contributed by atoms with Gasteiger partial charge in [0.25, 0.3) is 5.91 Å². The summed E-state index contributed by atoms with van der Waals surface area (Å²) in [4.78, 5) is 83.1. The topological polar surface area (TPSA) is 210 Å². The molecule has 4 rings (SSSR count). The molecule has 0 aliphatic carbocycles. The number of ketones is 1. The fraction of sp³-hybridized carbons (Fsp3) is 0.581. The summed E-state index contributed by atoms with van der Waals surface area (Å²) in [7, 11) is 3.35. The first-order chi connectivity index (χ1) is 27.9. The van der Waals surface area contributed by atoms with Gasteiger partial charge in [0.05, 0.1) is 23.2 Å². The molecule has 2 aliphatic rings. The molecule has 0 bridgehead atoms. The first-order valence-electron chi connectivity index (χ1n) is 20.8. The molecule has 2 aromatic rings. The van der Waals surface area contributed by atoms with Crippen LogP contribution in [0.5, 0.6) is 11.5 Å². The fourth-order valence-corrected chi connectivity index (χ4v) is 7.70. The first kappa shape index (κ1) is 51.7. The van der Waals surface area contributed by atoms with Gasteiger partial charge in [-0.3, -0.25) is 28.8 Å². The summed E-state index contributed by atoms with van der Waals surface area (Å²) in [5, 5.41) is 34.8. The highest BCUT2D eigenvalue weighted by Gasteiger charge is 2.36. The van der Waals surface area contributed by atoms with Crippen LogP contribution in [0.2, 0.25) is 0 Å². The quantitative estimate of drug-likeness (QED) is 0.0672. The van der Waals surface area contributed by atoms with Gasteiger partial charge in [-0.1, -0.05) is 49.9 Å². The van der Waals surface area contributed by atoms with Crippen LogP contribution in [-0.4, -0.2) is 125 Å². The van der Waals surface area contributed by atoms with Crippen molar-refractivity contribution in [3.8, 4) is 11.5 Å². The number of likely N-dealkylation sites (tertiary alicyclic amines) is 2. The summed E-state index contributed by atoms with van der Waals surface area (Å²) in [6.07, 6.45) is 7.20. The van der Waals surface area contributed by atoms with Crippen LogP contribution in [0.3, 0.4) is 0 Å². The van der Waals surface area contributed by atoms with Gasteiger partial charge in [0.1, 0.15) is 23.6 Å². The number of phenolic OH excluding ortho intramolecular Hbond substituents is 2. The number of aromatic hydroxyl groups is 2. The number of halogens is 2. The Balaban J connectivity index is 0.00000620. The maximum Gasteiger partial charge on any atom is 0.255 e. The highest BCUT2D eigenvalue weighted by atomic mass is 35.5. The van der Waals surface area contributed by atoms with Crippen molar-refractivity contribution in [3.05, 3.63) is 59.7 Å². The molecule has 6 atom stereocenters. The van der Waals surface area contributed by atoms with E-state index in [4.69, 9.17) is 0 Å². The molecule has 2 aromatic carbocycles. The number of benzene rings is 2. The molecule has 2 heterocycles. The molecular formula is C43H65Cl2N7O8. The van der Waals surface area contributed by atoms with Gasteiger partial charge >= 0.3 is 0 Å². The van der Waals surface area contributed by atoms with Crippen LogP contribution in [0.15, 0.2) is 48.5 Å². The Bertz CT molecular complexity index is 1610. The van der Waals surface area contributed by atoms with Gasteiger partial charge in [0, 0.05) is 38.1 Å². The molecule has 0 aromatic heterocycles. The normalized spacial score (nSPS) is 17.9. The van der Waals surface area contributed by atoms with Crippen molar-refractivity contribution in [1.29, 1.82) is 0 Å². The van der Waals surface area contributed by atoms with Gasteiger partial charge in [-0.05, 0) is 97.2 Å². The molecule has 17 heteroatoms. The van der Waals surface area contributed by atoms with Crippen LogP contribution < -0.4 is 26.6 Å². The zero-order valence-corrected chi connectivity index (χ0v) is 36.9. The summed E-state index contributed by atoms with van der Waals surface area (Å²) in [5.41, 5.74) is 0.424. The predicted molar refractivity (Wildman–Crippen MR) is 235 cm³/mol.